The summed E-state index contributed by atoms with van der Waals surface area (Å²) in [5.74, 6) is 0.174. The fraction of sp³-hybridized carbons (Fsp3) is 0.292. The number of nitrogens with one attached hydrogen (secondary N) is 1. The Morgan fingerprint density at radius 3 is 2.49 bits per heavy atom. The predicted molar refractivity (Wildman–Crippen MR) is 121 cm³/mol. The van der Waals surface area contributed by atoms with E-state index in [-0.39, 0.29) is 18.1 Å². The molecule has 0 bridgehead atoms. The molecule has 3 N–H and O–H groups in total. The number of aromatic nitrogens is 2. The van der Waals surface area contributed by atoms with E-state index in [1.807, 2.05) is 0 Å². The third-order valence-corrected chi connectivity index (χ3v) is 6.04. The number of nitriles is 1. The van der Waals surface area contributed by atoms with E-state index in [2.05, 4.69) is 5.32 Å². The van der Waals surface area contributed by atoms with Crippen LogP contribution in [0.25, 0.3) is 11.3 Å². The van der Waals surface area contributed by atoms with Crippen LogP contribution in [-0.4, -0.2) is 33.4 Å². The van der Waals surface area contributed by atoms with Crippen molar-refractivity contribution >= 4 is 17.4 Å². The molecule has 7 nitrogen and oxygen atoms in total. The first kappa shape index (κ1) is 24.2. The molecule has 11 heteroatoms. The number of carbonyl (C=O) groups is 1. The van der Waals surface area contributed by atoms with Crippen LogP contribution in [0, 0.1) is 17.1 Å². The number of halogens is 4. The van der Waals surface area contributed by atoms with Gasteiger partial charge in [0.25, 0.3) is 0 Å². The molecule has 1 amide bonds. The Morgan fingerprint density at radius 1 is 1.20 bits per heavy atom. The lowest BCUT2D eigenvalue weighted by atomic mass is 9.99. The van der Waals surface area contributed by atoms with Gasteiger partial charge in [0.1, 0.15) is 23.2 Å². The van der Waals surface area contributed by atoms with Crippen molar-refractivity contribution in [3.63, 3.8) is 0 Å². The summed E-state index contributed by atoms with van der Waals surface area (Å²) in [5.41, 5.74) is 4.17. The van der Waals surface area contributed by atoms with E-state index in [1.54, 1.807) is 29.4 Å². The maximum atomic E-state index is 13.6. The zero-order valence-corrected chi connectivity index (χ0v) is 18.9. The number of amides is 1. The van der Waals surface area contributed by atoms with Gasteiger partial charge in [-0.15, -0.1) is 0 Å². The molecular weight excluding hydrogens is 464 g/mol. The van der Waals surface area contributed by atoms with Gasteiger partial charge in [0, 0.05) is 24.3 Å². The number of anilines is 2. The molecule has 0 fully saturated rings. The number of rotatable bonds is 4. The lowest BCUT2D eigenvalue weighted by Crippen LogP contribution is -2.53. The molecule has 1 aromatic heterocycles. The first-order valence-corrected chi connectivity index (χ1v) is 10.7. The summed E-state index contributed by atoms with van der Waals surface area (Å²) < 4.78 is 55.9. The summed E-state index contributed by atoms with van der Waals surface area (Å²) in [6.45, 7) is 4.06. The van der Waals surface area contributed by atoms with Gasteiger partial charge in [-0.05, 0) is 56.3 Å². The highest BCUT2D eigenvalue weighted by atomic mass is 19.4. The van der Waals surface area contributed by atoms with E-state index in [0.29, 0.717) is 36.0 Å². The van der Waals surface area contributed by atoms with Gasteiger partial charge in [-0.3, -0.25) is 4.79 Å². The molecule has 1 aliphatic heterocycles. The number of hydrogen-bond donors (Lipinski definition) is 2. The van der Waals surface area contributed by atoms with Crippen molar-refractivity contribution in [1.29, 1.82) is 5.26 Å². The zero-order valence-electron chi connectivity index (χ0n) is 18.9. The summed E-state index contributed by atoms with van der Waals surface area (Å²) in [4.78, 5) is 18.8. The minimum atomic E-state index is -4.72. The average molecular weight is 486 g/mol. The molecule has 0 radical (unpaired) electrons. The van der Waals surface area contributed by atoms with Gasteiger partial charge < -0.3 is 20.5 Å². The number of carbonyl (C=O) groups excluding carboxylic acids is 1. The van der Waals surface area contributed by atoms with Gasteiger partial charge in [0.15, 0.2) is 0 Å². The molecule has 4 rings (SSSR count). The summed E-state index contributed by atoms with van der Waals surface area (Å²) in [6, 6.07) is 10.5. The number of imidazole rings is 1. The van der Waals surface area contributed by atoms with Crippen LogP contribution in [0.15, 0.2) is 42.5 Å². The number of alkyl halides is 3. The van der Waals surface area contributed by atoms with Gasteiger partial charge in [0.05, 0.1) is 29.3 Å². The Morgan fingerprint density at radius 2 is 1.89 bits per heavy atom. The topological polar surface area (TPSA) is 100.0 Å². The molecule has 0 spiro atoms. The number of benzene rings is 2. The normalized spacial score (nSPS) is 14.9. The monoisotopic (exact) mass is 486 g/mol. The van der Waals surface area contributed by atoms with Gasteiger partial charge >= 0.3 is 6.18 Å². The third kappa shape index (κ3) is 4.33. The fourth-order valence-corrected chi connectivity index (χ4v) is 4.31. The van der Waals surface area contributed by atoms with Crippen molar-refractivity contribution in [2.24, 2.45) is 5.73 Å². The van der Waals surface area contributed by atoms with E-state index in [0.717, 1.165) is 12.1 Å². The van der Waals surface area contributed by atoms with E-state index in [9.17, 15) is 22.4 Å². The third-order valence-electron chi connectivity index (χ3n) is 6.04. The van der Waals surface area contributed by atoms with Crippen molar-refractivity contribution in [3.05, 3.63) is 65.2 Å². The fourth-order valence-electron chi connectivity index (χ4n) is 4.31. The van der Waals surface area contributed by atoms with Crippen LogP contribution in [0.5, 0.6) is 0 Å². The molecule has 0 aliphatic carbocycles. The van der Waals surface area contributed by atoms with E-state index < -0.39 is 28.7 Å². The molecule has 35 heavy (non-hydrogen) atoms. The van der Waals surface area contributed by atoms with Crippen LogP contribution < -0.4 is 11.1 Å². The van der Waals surface area contributed by atoms with Crippen molar-refractivity contribution < 1.29 is 22.4 Å². The molecular formula is C24H22F4N6O. The molecule has 0 saturated carbocycles. The van der Waals surface area contributed by atoms with E-state index >= 15 is 0 Å². The smallest absolute Gasteiger partial charge is 0.340 e. The summed E-state index contributed by atoms with van der Waals surface area (Å²) >= 11 is 0. The lowest BCUT2D eigenvalue weighted by molar-refractivity contribution is -0.138. The minimum Gasteiger partial charge on any atom is -0.340 e. The van der Waals surface area contributed by atoms with Gasteiger partial charge in [-0.2, -0.15) is 18.4 Å². The van der Waals surface area contributed by atoms with Gasteiger partial charge in [-0.1, -0.05) is 0 Å². The Labute approximate surface area is 198 Å². The molecule has 2 heterocycles. The molecule has 0 unspecified atom stereocenters. The van der Waals surface area contributed by atoms with Crippen molar-refractivity contribution in [2.45, 2.75) is 32.1 Å². The summed E-state index contributed by atoms with van der Waals surface area (Å²) in [7, 11) is 0. The van der Waals surface area contributed by atoms with Crippen molar-refractivity contribution in [2.75, 3.05) is 18.4 Å². The van der Waals surface area contributed by atoms with Crippen LogP contribution in [-0.2, 0) is 23.1 Å². The highest BCUT2D eigenvalue weighted by Gasteiger charge is 2.41. The van der Waals surface area contributed by atoms with Crippen LogP contribution >= 0.6 is 0 Å². The first-order chi connectivity index (χ1) is 16.5. The quantitative estimate of drug-likeness (QED) is 0.534. The summed E-state index contributed by atoms with van der Waals surface area (Å²) in [5, 5.41) is 12.1. The molecule has 182 valence electrons. The minimum absolute atomic E-state index is 0.0978. The Kier molecular flexibility index (Phi) is 6.02. The second kappa shape index (κ2) is 8.70. The van der Waals surface area contributed by atoms with Crippen LogP contribution in [0.2, 0.25) is 0 Å². The van der Waals surface area contributed by atoms with Crippen LogP contribution in [0.3, 0.4) is 0 Å². The Bertz CT molecular complexity index is 1320. The van der Waals surface area contributed by atoms with Crippen molar-refractivity contribution in [1.82, 2.24) is 14.5 Å². The average Bonchev–Trinajstić information content (AvgIpc) is 3.18. The van der Waals surface area contributed by atoms with Crippen molar-refractivity contribution in [3.8, 4) is 17.3 Å². The first-order valence-electron chi connectivity index (χ1n) is 10.7. The maximum absolute atomic E-state index is 13.6. The number of hydrogen-bond acceptors (Lipinski definition) is 5. The number of nitrogens with zero attached hydrogens (tertiary/aromatic N) is 4. The standard InChI is InChI=1S/C24H22F4N6O/c1-23(2)22-32-20(14-3-6-16(25)7-4-14)21(33(22)9-10-34(23)19(35)13-30)31-17-8-5-15(12-29)18(11-17)24(26,27)28/h3-8,11,31H,9-10,13,30H2,1-2H3. The number of nitrogens with two attached hydrogens (primary N) is 1. The van der Waals surface area contributed by atoms with E-state index in [4.69, 9.17) is 16.0 Å². The molecule has 2 aromatic carbocycles. The molecule has 0 saturated heterocycles. The van der Waals surface area contributed by atoms with Crippen LogP contribution in [0.1, 0.15) is 30.8 Å². The second-order valence-corrected chi connectivity index (χ2v) is 8.59. The van der Waals surface area contributed by atoms with Crippen LogP contribution in [0.4, 0.5) is 29.1 Å². The van der Waals surface area contributed by atoms with Gasteiger partial charge in [0.2, 0.25) is 5.91 Å². The maximum Gasteiger partial charge on any atom is 0.417 e. The second-order valence-electron chi connectivity index (χ2n) is 8.59. The largest absolute Gasteiger partial charge is 0.417 e. The predicted octanol–water partition coefficient (Wildman–Crippen LogP) is 4.36. The molecule has 0 atom stereocenters. The molecule has 1 aliphatic rings. The Balaban J connectivity index is 1.87. The highest BCUT2D eigenvalue weighted by Crippen LogP contribution is 2.40. The zero-order chi connectivity index (χ0) is 25.5. The summed E-state index contributed by atoms with van der Waals surface area (Å²) in [6.07, 6.45) is -4.72. The molecule has 3 aromatic rings. The lowest BCUT2D eigenvalue weighted by Gasteiger charge is -2.42. The highest BCUT2D eigenvalue weighted by molar-refractivity contribution is 5.80. The van der Waals surface area contributed by atoms with Gasteiger partial charge in [-0.25, -0.2) is 9.37 Å². The van der Waals surface area contributed by atoms with E-state index in [1.165, 1.54) is 30.3 Å². The SMILES string of the molecule is CC1(C)c2nc(-c3ccc(F)cc3)c(Nc3ccc(C#N)c(C(F)(F)F)c3)n2CCN1C(=O)CN. The number of fused-ring (bicyclic) bond motifs is 1. The Hall–Kier alpha value is -3.91.